The van der Waals surface area contributed by atoms with E-state index in [1.165, 1.54) is 33.0 Å². The van der Waals surface area contributed by atoms with Crippen molar-refractivity contribution in [2.45, 2.75) is 13.8 Å². The molecule has 0 unspecified atom stereocenters. The molecular weight excluding hydrogens is 216 g/mol. The molecule has 0 aliphatic rings. The SMILES string of the molecule is Cc1cc(C)c2ccccc2c1-c1ccccc1. The van der Waals surface area contributed by atoms with E-state index >= 15 is 0 Å². The standard InChI is InChI=1S/C18H16/c1-13-12-14(2)18(15-8-4-3-5-9-15)17-11-7-6-10-16(13)17/h3-12H,1-2H3. The largest absolute Gasteiger partial charge is 0.0622 e. The minimum Gasteiger partial charge on any atom is -0.0622 e. The number of hydrogen-bond acceptors (Lipinski definition) is 0. The Bertz CT molecular complexity index is 694. The first-order valence-corrected chi connectivity index (χ1v) is 6.32. The van der Waals surface area contributed by atoms with E-state index in [-0.39, 0.29) is 0 Å². The van der Waals surface area contributed by atoms with Crippen molar-refractivity contribution in [3.05, 3.63) is 71.8 Å². The Morgan fingerprint density at radius 2 is 1.22 bits per heavy atom. The van der Waals surface area contributed by atoms with E-state index in [0.29, 0.717) is 0 Å². The molecule has 0 saturated carbocycles. The van der Waals surface area contributed by atoms with Crippen LogP contribution in [0.2, 0.25) is 0 Å². The molecule has 3 aromatic rings. The number of aryl methyl sites for hydroxylation is 2. The molecule has 0 heterocycles. The van der Waals surface area contributed by atoms with Gasteiger partial charge >= 0.3 is 0 Å². The fourth-order valence-electron chi connectivity index (χ4n) is 2.72. The van der Waals surface area contributed by atoms with Crippen LogP contribution in [0.1, 0.15) is 11.1 Å². The van der Waals surface area contributed by atoms with Crippen LogP contribution in [0.15, 0.2) is 60.7 Å². The maximum Gasteiger partial charge on any atom is -0.00759 e. The first-order chi connectivity index (χ1) is 8.77. The number of benzene rings is 3. The highest BCUT2D eigenvalue weighted by atomic mass is 14.1. The third-order valence-electron chi connectivity index (χ3n) is 3.51. The van der Waals surface area contributed by atoms with Crippen LogP contribution < -0.4 is 0 Å². The molecule has 0 saturated heterocycles. The van der Waals surface area contributed by atoms with Gasteiger partial charge in [-0.15, -0.1) is 0 Å². The molecule has 0 atom stereocenters. The van der Waals surface area contributed by atoms with Gasteiger partial charge in [0.05, 0.1) is 0 Å². The van der Waals surface area contributed by atoms with Gasteiger partial charge in [-0.1, -0.05) is 60.7 Å². The van der Waals surface area contributed by atoms with Crippen molar-refractivity contribution < 1.29 is 0 Å². The first-order valence-electron chi connectivity index (χ1n) is 6.32. The molecular formula is C18H16. The summed E-state index contributed by atoms with van der Waals surface area (Å²) in [5.41, 5.74) is 5.35. The molecule has 3 rings (SSSR count). The lowest BCUT2D eigenvalue weighted by atomic mass is 9.91. The minimum absolute atomic E-state index is 1.30. The third kappa shape index (κ3) is 1.70. The molecule has 0 radical (unpaired) electrons. The van der Waals surface area contributed by atoms with Gasteiger partial charge in [0, 0.05) is 0 Å². The van der Waals surface area contributed by atoms with Gasteiger partial charge in [-0.05, 0) is 46.9 Å². The zero-order valence-electron chi connectivity index (χ0n) is 10.8. The second kappa shape index (κ2) is 4.30. The normalized spacial score (nSPS) is 10.8. The average molecular weight is 232 g/mol. The van der Waals surface area contributed by atoms with Gasteiger partial charge in [-0.25, -0.2) is 0 Å². The molecule has 0 amide bonds. The summed E-state index contributed by atoms with van der Waals surface area (Å²) in [6.07, 6.45) is 0. The Morgan fingerprint density at radius 1 is 0.611 bits per heavy atom. The highest BCUT2D eigenvalue weighted by molar-refractivity contribution is 5.99. The van der Waals surface area contributed by atoms with Crippen LogP contribution in [-0.2, 0) is 0 Å². The fraction of sp³-hybridized carbons (Fsp3) is 0.111. The lowest BCUT2D eigenvalue weighted by Crippen LogP contribution is -1.89. The molecule has 88 valence electrons. The molecule has 3 aromatic carbocycles. The highest BCUT2D eigenvalue weighted by Gasteiger charge is 2.08. The smallest absolute Gasteiger partial charge is 0.00759 e. The van der Waals surface area contributed by atoms with Crippen LogP contribution in [0.3, 0.4) is 0 Å². The molecule has 0 nitrogen and oxygen atoms in total. The van der Waals surface area contributed by atoms with Gasteiger partial charge in [0.2, 0.25) is 0 Å². The molecule has 0 fully saturated rings. The van der Waals surface area contributed by atoms with Crippen molar-refractivity contribution in [2.24, 2.45) is 0 Å². The third-order valence-corrected chi connectivity index (χ3v) is 3.51. The molecule has 18 heavy (non-hydrogen) atoms. The van der Waals surface area contributed by atoms with E-state index in [9.17, 15) is 0 Å². The van der Waals surface area contributed by atoms with Gasteiger partial charge < -0.3 is 0 Å². The Balaban J connectivity index is 2.42. The molecule has 0 heteroatoms. The predicted octanol–water partition coefficient (Wildman–Crippen LogP) is 5.12. The summed E-state index contributed by atoms with van der Waals surface area (Å²) in [6, 6.07) is 21.6. The summed E-state index contributed by atoms with van der Waals surface area (Å²) >= 11 is 0. The zero-order valence-corrected chi connectivity index (χ0v) is 10.8. The van der Waals surface area contributed by atoms with E-state index in [1.807, 2.05) is 0 Å². The van der Waals surface area contributed by atoms with Crippen molar-refractivity contribution in [1.82, 2.24) is 0 Å². The second-order valence-electron chi connectivity index (χ2n) is 4.80. The summed E-state index contributed by atoms with van der Waals surface area (Å²) in [5.74, 6) is 0. The zero-order chi connectivity index (χ0) is 12.5. The quantitative estimate of drug-likeness (QED) is 0.546. The van der Waals surface area contributed by atoms with Crippen LogP contribution in [0.25, 0.3) is 21.9 Å². The Morgan fingerprint density at radius 3 is 1.94 bits per heavy atom. The summed E-state index contributed by atoms with van der Waals surface area (Å²) in [6.45, 7) is 4.38. The summed E-state index contributed by atoms with van der Waals surface area (Å²) in [4.78, 5) is 0. The van der Waals surface area contributed by atoms with Crippen molar-refractivity contribution in [1.29, 1.82) is 0 Å². The van der Waals surface area contributed by atoms with E-state index in [1.54, 1.807) is 0 Å². The second-order valence-corrected chi connectivity index (χ2v) is 4.80. The molecule has 0 spiro atoms. The van der Waals surface area contributed by atoms with Crippen LogP contribution >= 0.6 is 0 Å². The van der Waals surface area contributed by atoms with Gasteiger partial charge in [0.15, 0.2) is 0 Å². The van der Waals surface area contributed by atoms with Gasteiger partial charge in [-0.2, -0.15) is 0 Å². The first kappa shape index (κ1) is 11.0. The Labute approximate surface area is 108 Å². The summed E-state index contributed by atoms with van der Waals surface area (Å²) in [5, 5.41) is 2.70. The van der Waals surface area contributed by atoms with Crippen molar-refractivity contribution in [2.75, 3.05) is 0 Å². The summed E-state index contributed by atoms with van der Waals surface area (Å²) < 4.78 is 0. The molecule has 0 aliphatic carbocycles. The molecule has 0 aromatic heterocycles. The van der Waals surface area contributed by atoms with Gasteiger partial charge in [-0.3, -0.25) is 0 Å². The van der Waals surface area contributed by atoms with Gasteiger partial charge in [0.25, 0.3) is 0 Å². The van der Waals surface area contributed by atoms with Crippen LogP contribution in [-0.4, -0.2) is 0 Å². The number of rotatable bonds is 1. The van der Waals surface area contributed by atoms with Crippen LogP contribution in [0, 0.1) is 13.8 Å². The van der Waals surface area contributed by atoms with Crippen LogP contribution in [0.4, 0.5) is 0 Å². The maximum atomic E-state index is 2.28. The average Bonchev–Trinajstić information content (AvgIpc) is 2.40. The Hall–Kier alpha value is -2.08. The predicted molar refractivity (Wildman–Crippen MR) is 78.9 cm³/mol. The fourth-order valence-corrected chi connectivity index (χ4v) is 2.72. The molecule has 0 N–H and O–H groups in total. The lowest BCUT2D eigenvalue weighted by molar-refractivity contribution is 1.42. The highest BCUT2D eigenvalue weighted by Crippen LogP contribution is 2.33. The van der Waals surface area contributed by atoms with E-state index < -0.39 is 0 Å². The van der Waals surface area contributed by atoms with Crippen molar-refractivity contribution in [3.8, 4) is 11.1 Å². The van der Waals surface area contributed by atoms with Crippen LogP contribution in [0.5, 0.6) is 0 Å². The van der Waals surface area contributed by atoms with E-state index in [0.717, 1.165) is 0 Å². The number of hydrogen-bond donors (Lipinski definition) is 0. The lowest BCUT2D eigenvalue weighted by Gasteiger charge is -2.13. The van der Waals surface area contributed by atoms with Crippen molar-refractivity contribution >= 4 is 10.8 Å². The summed E-state index contributed by atoms with van der Waals surface area (Å²) in [7, 11) is 0. The monoisotopic (exact) mass is 232 g/mol. The van der Waals surface area contributed by atoms with E-state index in [4.69, 9.17) is 0 Å². The van der Waals surface area contributed by atoms with Gasteiger partial charge in [0.1, 0.15) is 0 Å². The number of fused-ring (bicyclic) bond motifs is 1. The van der Waals surface area contributed by atoms with E-state index in [2.05, 4.69) is 74.5 Å². The molecule has 0 bridgehead atoms. The Kier molecular flexibility index (Phi) is 2.64. The maximum absolute atomic E-state index is 2.28. The van der Waals surface area contributed by atoms with Crippen molar-refractivity contribution in [3.63, 3.8) is 0 Å². The minimum atomic E-state index is 1.30. The molecule has 0 aliphatic heterocycles. The topological polar surface area (TPSA) is 0 Å².